The first kappa shape index (κ1) is 19.0. The van der Waals surface area contributed by atoms with Crippen molar-refractivity contribution >= 4 is 55.2 Å². The van der Waals surface area contributed by atoms with Crippen LogP contribution in [0.15, 0.2) is 53.5 Å². The van der Waals surface area contributed by atoms with E-state index in [1.807, 2.05) is 30.3 Å². The van der Waals surface area contributed by atoms with Gasteiger partial charge in [0.25, 0.3) is 5.91 Å². The minimum atomic E-state index is -0.0274. The largest absolute Gasteiger partial charge is 0.361 e. The van der Waals surface area contributed by atoms with Gasteiger partial charge in [0.1, 0.15) is 0 Å². The van der Waals surface area contributed by atoms with Gasteiger partial charge >= 0.3 is 0 Å². The highest BCUT2D eigenvalue weighted by molar-refractivity contribution is 8.15. The fraction of sp³-hybridized carbons (Fsp3) is 0.286. The number of thioether (sulfide) groups is 1. The van der Waals surface area contributed by atoms with Gasteiger partial charge in [0.15, 0.2) is 10.3 Å². The normalized spacial score (nSPS) is 16.4. The summed E-state index contributed by atoms with van der Waals surface area (Å²) in [6, 6.07) is 16.5. The summed E-state index contributed by atoms with van der Waals surface area (Å²) < 4.78 is 1.20. The molecule has 0 radical (unpaired) electrons. The molecular formula is C21H22N4OS2. The summed E-state index contributed by atoms with van der Waals surface area (Å²) in [5.74, 6) is -0.0214. The van der Waals surface area contributed by atoms with Crippen LogP contribution in [0.3, 0.4) is 0 Å². The fourth-order valence-corrected chi connectivity index (χ4v) is 5.01. The van der Waals surface area contributed by atoms with E-state index in [0.717, 1.165) is 42.1 Å². The van der Waals surface area contributed by atoms with Crippen LogP contribution in [0.2, 0.25) is 0 Å². The van der Waals surface area contributed by atoms with Crippen LogP contribution in [0.25, 0.3) is 10.2 Å². The molecule has 2 N–H and O–H groups in total. The number of carbonyl (C=O) groups is 1. The van der Waals surface area contributed by atoms with Gasteiger partial charge in [-0.15, -0.1) is 0 Å². The predicted octanol–water partition coefficient (Wildman–Crippen LogP) is 5.16. The topological polar surface area (TPSA) is 66.4 Å². The number of fused-ring (bicyclic) bond motifs is 1. The summed E-state index contributed by atoms with van der Waals surface area (Å²) in [4.78, 5) is 20.6. The predicted molar refractivity (Wildman–Crippen MR) is 121 cm³/mol. The lowest BCUT2D eigenvalue weighted by molar-refractivity contribution is -0.117. The first-order valence-corrected chi connectivity index (χ1v) is 11.2. The van der Waals surface area contributed by atoms with Gasteiger partial charge in [0.05, 0.1) is 15.5 Å². The van der Waals surface area contributed by atoms with Crippen molar-refractivity contribution in [2.45, 2.75) is 31.4 Å². The van der Waals surface area contributed by atoms with E-state index in [9.17, 15) is 4.79 Å². The number of aromatic nitrogens is 1. The number of carbonyl (C=O) groups excluding carboxylic acids is 1. The lowest BCUT2D eigenvalue weighted by Gasteiger charge is -2.08. The smallest absolute Gasteiger partial charge is 0.261 e. The van der Waals surface area contributed by atoms with Crippen molar-refractivity contribution in [2.24, 2.45) is 4.99 Å². The van der Waals surface area contributed by atoms with Crippen molar-refractivity contribution in [1.82, 2.24) is 4.98 Å². The van der Waals surface area contributed by atoms with Crippen molar-refractivity contribution in [3.05, 3.63) is 54.1 Å². The van der Waals surface area contributed by atoms with E-state index in [-0.39, 0.29) is 11.2 Å². The van der Waals surface area contributed by atoms with E-state index in [1.54, 1.807) is 11.3 Å². The summed E-state index contributed by atoms with van der Waals surface area (Å²) in [6.07, 6.45) is 2.79. The minimum absolute atomic E-state index is 0.0214. The molecule has 7 heteroatoms. The molecule has 1 atom stereocenters. The first-order chi connectivity index (χ1) is 13.7. The van der Waals surface area contributed by atoms with Gasteiger partial charge in [-0.1, -0.05) is 60.7 Å². The number of amidine groups is 1. The van der Waals surface area contributed by atoms with Gasteiger partial charge in [-0.3, -0.25) is 4.79 Å². The van der Waals surface area contributed by atoms with Gasteiger partial charge in [0, 0.05) is 12.2 Å². The summed E-state index contributed by atoms with van der Waals surface area (Å²) in [6.45, 7) is 2.92. The highest BCUT2D eigenvalue weighted by Gasteiger charge is 2.27. The average Bonchev–Trinajstić information content (AvgIpc) is 3.26. The lowest BCUT2D eigenvalue weighted by Crippen LogP contribution is -2.10. The van der Waals surface area contributed by atoms with E-state index in [1.165, 1.54) is 22.0 Å². The molecule has 0 spiro atoms. The maximum Gasteiger partial charge on any atom is 0.261 e. The highest BCUT2D eigenvalue weighted by atomic mass is 32.2. The monoisotopic (exact) mass is 410 g/mol. The maximum absolute atomic E-state index is 11.9. The Bertz CT molecular complexity index is 964. The molecule has 144 valence electrons. The SMILES string of the molecule is CCCC1SC(Nc2ccc(CCNc3nc4ccccc4s3)cc2)=NC1=O. The van der Waals surface area contributed by atoms with Gasteiger partial charge in [-0.05, 0) is 42.7 Å². The van der Waals surface area contributed by atoms with Crippen LogP contribution in [0.4, 0.5) is 10.8 Å². The number of nitrogens with one attached hydrogen (secondary N) is 2. The molecule has 1 aliphatic rings. The molecule has 1 aliphatic heterocycles. The molecular weight excluding hydrogens is 388 g/mol. The Balaban J connectivity index is 1.28. The van der Waals surface area contributed by atoms with Crippen LogP contribution in [0.1, 0.15) is 25.3 Å². The molecule has 0 saturated heterocycles. The Hall–Kier alpha value is -2.38. The van der Waals surface area contributed by atoms with Crippen molar-refractivity contribution < 1.29 is 4.79 Å². The maximum atomic E-state index is 11.9. The molecule has 3 aromatic rings. The standard InChI is InChI=1S/C21H22N4OS2/c1-2-5-18-19(26)25-21(28-18)23-15-10-8-14(9-11-15)12-13-22-20-24-16-6-3-4-7-17(16)27-20/h3-4,6-11,18H,2,5,12-13H2,1H3,(H,22,24)(H,23,25,26). The van der Waals surface area contributed by atoms with Gasteiger partial charge < -0.3 is 10.6 Å². The number of nitrogens with zero attached hydrogens (tertiary/aromatic N) is 2. The third-order valence-electron chi connectivity index (χ3n) is 4.48. The van der Waals surface area contributed by atoms with Crippen molar-refractivity contribution in [2.75, 3.05) is 17.2 Å². The Labute approximate surface area is 172 Å². The quantitative estimate of drug-likeness (QED) is 0.563. The second-order valence-electron chi connectivity index (χ2n) is 6.64. The third kappa shape index (κ3) is 4.54. The molecule has 1 amide bonds. The molecule has 0 bridgehead atoms. The summed E-state index contributed by atoms with van der Waals surface area (Å²) in [5, 5.41) is 8.30. The Morgan fingerprint density at radius 3 is 2.71 bits per heavy atom. The molecule has 1 unspecified atom stereocenters. The van der Waals surface area contributed by atoms with Crippen molar-refractivity contribution in [1.29, 1.82) is 0 Å². The Morgan fingerprint density at radius 2 is 1.93 bits per heavy atom. The van der Waals surface area contributed by atoms with Crippen LogP contribution in [0, 0.1) is 0 Å². The number of anilines is 2. The number of rotatable bonds is 7. The second-order valence-corrected chi connectivity index (χ2v) is 8.86. The minimum Gasteiger partial charge on any atom is -0.361 e. The molecule has 2 heterocycles. The molecule has 0 fully saturated rings. The van der Waals surface area contributed by atoms with Crippen LogP contribution in [-0.2, 0) is 11.2 Å². The summed E-state index contributed by atoms with van der Waals surface area (Å²) in [7, 11) is 0. The number of hydrogen-bond donors (Lipinski definition) is 2. The number of amides is 1. The lowest BCUT2D eigenvalue weighted by atomic mass is 10.1. The second kappa shape index (κ2) is 8.75. The molecule has 28 heavy (non-hydrogen) atoms. The molecule has 5 nitrogen and oxygen atoms in total. The number of aliphatic imine (C=N–C) groups is 1. The van der Waals surface area contributed by atoms with Crippen LogP contribution in [0.5, 0.6) is 0 Å². The zero-order chi connectivity index (χ0) is 19.3. The van der Waals surface area contributed by atoms with Crippen molar-refractivity contribution in [3.63, 3.8) is 0 Å². The Kier molecular flexibility index (Phi) is 5.92. The van der Waals surface area contributed by atoms with Crippen molar-refractivity contribution in [3.8, 4) is 0 Å². The number of thiazole rings is 1. The zero-order valence-electron chi connectivity index (χ0n) is 15.6. The van der Waals surface area contributed by atoms with E-state index >= 15 is 0 Å². The molecule has 2 aromatic carbocycles. The van der Waals surface area contributed by atoms with Gasteiger partial charge in [-0.2, -0.15) is 4.99 Å². The van der Waals surface area contributed by atoms with Crippen LogP contribution >= 0.6 is 23.1 Å². The highest BCUT2D eigenvalue weighted by Crippen LogP contribution is 2.27. The molecule has 0 aliphatic carbocycles. The van der Waals surface area contributed by atoms with E-state index < -0.39 is 0 Å². The van der Waals surface area contributed by atoms with Gasteiger partial charge in [-0.25, -0.2) is 4.98 Å². The Morgan fingerprint density at radius 1 is 1.11 bits per heavy atom. The number of para-hydroxylation sites is 1. The molecule has 0 saturated carbocycles. The number of hydrogen-bond acceptors (Lipinski definition) is 6. The molecule has 1 aromatic heterocycles. The van der Waals surface area contributed by atoms with E-state index in [2.05, 4.69) is 45.7 Å². The van der Waals surface area contributed by atoms with Crippen LogP contribution < -0.4 is 10.6 Å². The van der Waals surface area contributed by atoms with E-state index in [4.69, 9.17) is 0 Å². The fourth-order valence-electron chi connectivity index (χ4n) is 3.03. The number of benzene rings is 2. The summed E-state index contributed by atoms with van der Waals surface area (Å²) in [5.41, 5.74) is 3.25. The third-order valence-corrected chi connectivity index (χ3v) is 6.61. The zero-order valence-corrected chi connectivity index (χ0v) is 17.3. The van der Waals surface area contributed by atoms with E-state index in [0.29, 0.717) is 5.17 Å². The first-order valence-electron chi connectivity index (χ1n) is 9.46. The summed E-state index contributed by atoms with van der Waals surface area (Å²) >= 11 is 3.21. The molecule has 4 rings (SSSR count). The average molecular weight is 411 g/mol. The van der Waals surface area contributed by atoms with Crippen LogP contribution in [-0.4, -0.2) is 27.9 Å². The van der Waals surface area contributed by atoms with Gasteiger partial charge in [0.2, 0.25) is 0 Å².